The van der Waals surface area contributed by atoms with Gasteiger partial charge < -0.3 is 20.9 Å². The van der Waals surface area contributed by atoms with Crippen molar-refractivity contribution >= 4 is 11.6 Å². The van der Waals surface area contributed by atoms with Gasteiger partial charge in [-0.15, -0.1) is 0 Å². The first kappa shape index (κ1) is 13.3. The van der Waals surface area contributed by atoms with Crippen molar-refractivity contribution in [3.8, 4) is 5.75 Å². The van der Waals surface area contributed by atoms with Gasteiger partial charge in [0.2, 0.25) is 0 Å². The molecule has 0 aliphatic rings. The van der Waals surface area contributed by atoms with Gasteiger partial charge in [-0.05, 0) is 18.6 Å². The molecule has 0 saturated carbocycles. The molecule has 1 unspecified atom stereocenters. The van der Waals surface area contributed by atoms with Crippen molar-refractivity contribution < 1.29 is 14.6 Å². The predicted octanol–water partition coefficient (Wildman–Crippen LogP) is 0.778. The summed E-state index contributed by atoms with van der Waals surface area (Å²) in [6, 6.07) is 5.01. The number of nitrogens with two attached hydrogens (primary N) is 1. The summed E-state index contributed by atoms with van der Waals surface area (Å²) in [6.07, 6.45) is 0.0386. The SMILES string of the molecule is CCC(O)CNC(=O)c1c(N)cccc1OC. The molecule has 5 heteroatoms. The smallest absolute Gasteiger partial charge is 0.257 e. The molecule has 0 bridgehead atoms. The molecule has 1 rings (SSSR count). The van der Waals surface area contributed by atoms with Crippen LogP contribution in [0.5, 0.6) is 5.75 Å². The Morgan fingerprint density at radius 1 is 1.59 bits per heavy atom. The Hall–Kier alpha value is -1.75. The number of methoxy groups -OCH3 is 1. The minimum absolute atomic E-state index is 0.201. The quantitative estimate of drug-likeness (QED) is 0.662. The zero-order valence-electron chi connectivity index (χ0n) is 10.1. The van der Waals surface area contributed by atoms with Gasteiger partial charge >= 0.3 is 0 Å². The number of aliphatic hydroxyl groups is 1. The highest BCUT2D eigenvalue weighted by Gasteiger charge is 2.15. The molecular formula is C12H18N2O3. The van der Waals surface area contributed by atoms with Gasteiger partial charge in [-0.2, -0.15) is 0 Å². The molecule has 0 aliphatic carbocycles. The van der Waals surface area contributed by atoms with Crippen LogP contribution in [0.25, 0.3) is 0 Å². The first-order chi connectivity index (χ1) is 8.10. The summed E-state index contributed by atoms with van der Waals surface area (Å²) in [5, 5.41) is 12.0. The van der Waals surface area contributed by atoms with E-state index in [2.05, 4.69) is 5.32 Å². The number of anilines is 1. The molecule has 94 valence electrons. The van der Waals surface area contributed by atoms with E-state index < -0.39 is 6.10 Å². The van der Waals surface area contributed by atoms with Gasteiger partial charge in [0.25, 0.3) is 5.91 Å². The molecule has 0 aromatic heterocycles. The number of hydrogen-bond acceptors (Lipinski definition) is 4. The van der Waals surface area contributed by atoms with Crippen molar-refractivity contribution in [2.24, 2.45) is 0 Å². The van der Waals surface area contributed by atoms with Crippen LogP contribution < -0.4 is 15.8 Å². The number of ether oxygens (including phenoxy) is 1. The van der Waals surface area contributed by atoms with E-state index in [1.54, 1.807) is 18.2 Å². The average Bonchev–Trinajstić information content (AvgIpc) is 2.34. The van der Waals surface area contributed by atoms with Crippen LogP contribution in [0.3, 0.4) is 0 Å². The Labute approximate surface area is 101 Å². The number of carbonyl (C=O) groups is 1. The molecule has 0 radical (unpaired) electrons. The number of nitrogens with one attached hydrogen (secondary N) is 1. The minimum Gasteiger partial charge on any atom is -0.496 e. The van der Waals surface area contributed by atoms with Crippen LogP contribution in [0.15, 0.2) is 18.2 Å². The first-order valence-corrected chi connectivity index (χ1v) is 5.48. The number of carbonyl (C=O) groups excluding carboxylic acids is 1. The van der Waals surface area contributed by atoms with E-state index in [-0.39, 0.29) is 12.5 Å². The number of rotatable bonds is 5. The third kappa shape index (κ3) is 3.35. The number of benzene rings is 1. The van der Waals surface area contributed by atoms with Gasteiger partial charge in [0.1, 0.15) is 11.3 Å². The van der Waals surface area contributed by atoms with Gasteiger partial charge in [-0.3, -0.25) is 4.79 Å². The van der Waals surface area contributed by atoms with E-state index in [1.807, 2.05) is 6.92 Å². The van der Waals surface area contributed by atoms with E-state index in [4.69, 9.17) is 10.5 Å². The lowest BCUT2D eigenvalue weighted by Gasteiger charge is -2.13. The third-order valence-corrected chi connectivity index (χ3v) is 2.47. The average molecular weight is 238 g/mol. The molecule has 5 nitrogen and oxygen atoms in total. The maximum atomic E-state index is 11.9. The Kier molecular flexibility index (Phi) is 4.78. The lowest BCUT2D eigenvalue weighted by Crippen LogP contribution is -2.32. The molecule has 0 heterocycles. The topological polar surface area (TPSA) is 84.6 Å². The zero-order chi connectivity index (χ0) is 12.8. The molecule has 0 spiro atoms. The lowest BCUT2D eigenvalue weighted by atomic mass is 10.1. The second-order valence-electron chi connectivity index (χ2n) is 3.70. The van der Waals surface area contributed by atoms with E-state index in [9.17, 15) is 9.90 Å². The summed E-state index contributed by atoms with van der Waals surface area (Å²) in [5.74, 6) is 0.0842. The Balaban J connectivity index is 2.81. The van der Waals surface area contributed by atoms with Crippen molar-refractivity contribution in [2.45, 2.75) is 19.4 Å². The summed E-state index contributed by atoms with van der Waals surface area (Å²) < 4.78 is 5.08. The van der Waals surface area contributed by atoms with Crippen molar-refractivity contribution in [1.29, 1.82) is 0 Å². The molecule has 1 aromatic rings. The van der Waals surface area contributed by atoms with Crippen molar-refractivity contribution in [1.82, 2.24) is 5.32 Å². The Bertz CT molecular complexity index is 393. The molecule has 0 aliphatic heterocycles. The van der Waals surface area contributed by atoms with E-state index in [0.717, 1.165) is 0 Å². The Morgan fingerprint density at radius 3 is 2.88 bits per heavy atom. The standard InChI is InChI=1S/C12H18N2O3/c1-3-8(15)7-14-12(16)11-9(13)5-4-6-10(11)17-2/h4-6,8,15H,3,7,13H2,1-2H3,(H,14,16). The van der Waals surface area contributed by atoms with Gasteiger partial charge in [0.05, 0.1) is 13.2 Å². The molecule has 1 amide bonds. The highest BCUT2D eigenvalue weighted by molar-refractivity contribution is 6.01. The van der Waals surface area contributed by atoms with Crippen LogP contribution in [-0.2, 0) is 0 Å². The minimum atomic E-state index is -0.546. The fourth-order valence-electron chi connectivity index (χ4n) is 1.40. The fourth-order valence-corrected chi connectivity index (χ4v) is 1.40. The highest BCUT2D eigenvalue weighted by Crippen LogP contribution is 2.23. The monoisotopic (exact) mass is 238 g/mol. The normalized spacial score (nSPS) is 11.9. The van der Waals surface area contributed by atoms with E-state index in [0.29, 0.717) is 23.4 Å². The van der Waals surface area contributed by atoms with Crippen LogP contribution >= 0.6 is 0 Å². The second kappa shape index (κ2) is 6.10. The molecule has 1 aromatic carbocycles. The maximum absolute atomic E-state index is 11.9. The number of nitrogen functional groups attached to an aromatic ring is 1. The summed E-state index contributed by atoms with van der Waals surface area (Å²) in [7, 11) is 1.48. The number of amides is 1. The van der Waals surface area contributed by atoms with Crippen LogP contribution in [0, 0.1) is 0 Å². The van der Waals surface area contributed by atoms with Gasteiger partial charge in [0, 0.05) is 12.2 Å². The van der Waals surface area contributed by atoms with Crippen LogP contribution in [0.2, 0.25) is 0 Å². The number of aliphatic hydroxyl groups excluding tert-OH is 1. The number of hydrogen-bond donors (Lipinski definition) is 3. The maximum Gasteiger partial charge on any atom is 0.257 e. The summed E-state index contributed by atoms with van der Waals surface area (Å²) in [4.78, 5) is 11.9. The molecule has 1 atom stereocenters. The summed E-state index contributed by atoms with van der Waals surface area (Å²) in [6.45, 7) is 2.04. The summed E-state index contributed by atoms with van der Waals surface area (Å²) in [5.41, 5.74) is 6.39. The van der Waals surface area contributed by atoms with E-state index in [1.165, 1.54) is 7.11 Å². The van der Waals surface area contributed by atoms with Crippen molar-refractivity contribution in [3.63, 3.8) is 0 Å². The van der Waals surface area contributed by atoms with Crippen molar-refractivity contribution in [2.75, 3.05) is 19.4 Å². The highest BCUT2D eigenvalue weighted by atomic mass is 16.5. The van der Waals surface area contributed by atoms with Crippen molar-refractivity contribution in [3.05, 3.63) is 23.8 Å². The van der Waals surface area contributed by atoms with Crippen LogP contribution in [0.4, 0.5) is 5.69 Å². The largest absolute Gasteiger partial charge is 0.496 e. The molecule has 4 N–H and O–H groups in total. The lowest BCUT2D eigenvalue weighted by molar-refractivity contribution is 0.0912. The van der Waals surface area contributed by atoms with Gasteiger partial charge in [0.15, 0.2) is 0 Å². The molecule has 17 heavy (non-hydrogen) atoms. The predicted molar refractivity (Wildman–Crippen MR) is 66.0 cm³/mol. The zero-order valence-corrected chi connectivity index (χ0v) is 10.1. The van der Waals surface area contributed by atoms with Gasteiger partial charge in [-0.1, -0.05) is 13.0 Å². The third-order valence-electron chi connectivity index (χ3n) is 2.47. The fraction of sp³-hybridized carbons (Fsp3) is 0.417. The second-order valence-corrected chi connectivity index (χ2v) is 3.70. The summed E-state index contributed by atoms with van der Waals surface area (Å²) >= 11 is 0. The first-order valence-electron chi connectivity index (χ1n) is 5.48. The van der Waals surface area contributed by atoms with E-state index >= 15 is 0 Å². The van der Waals surface area contributed by atoms with Crippen LogP contribution in [-0.4, -0.2) is 30.8 Å². The molecule has 0 saturated heterocycles. The van der Waals surface area contributed by atoms with Crippen LogP contribution in [0.1, 0.15) is 23.7 Å². The Morgan fingerprint density at radius 2 is 2.29 bits per heavy atom. The molecular weight excluding hydrogens is 220 g/mol. The molecule has 0 fully saturated rings. The van der Waals surface area contributed by atoms with Gasteiger partial charge in [-0.25, -0.2) is 0 Å².